The number of H-pyrrole nitrogens is 1. The Morgan fingerprint density at radius 3 is 2.45 bits per heavy atom. The maximum absolute atomic E-state index is 15.0. The summed E-state index contributed by atoms with van der Waals surface area (Å²) in [5.41, 5.74) is 2.06. The van der Waals surface area contributed by atoms with Crippen molar-refractivity contribution in [2.45, 2.75) is 44.6 Å². The van der Waals surface area contributed by atoms with Crippen molar-refractivity contribution in [2.75, 3.05) is 0 Å². The molecule has 2 heterocycles. The first-order chi connectivity index (χ1) is 18.1. The molecule has 0 bridgehead atoms. The number of pyridine rings is 1. The molecule has 1 aliphatic rings. The Labute approximate surface area is 214 Å². The number of benzene rings is 2. The van der Waals surface area contributed by atoms with Gasteiger partial charge < -0.3 is 19.6 Å². The van der Waals surface area contributed by atoms with Crippen LogP contribution in [0.5, 0.6) is 11.6 Å². The molecule has 2 aromatic heterocycles. The van der Waals surface area contributed by atoms with Gasteiger partial charge in [0.2, 0.25) is 5.88 Å². The predicted molar refractivity (Wildman–Crippen MR) is 130 cm³/mol. The predicted octanol–water partition coefficient (Wildman–Crippen LogP) is 6.74. The van der Waals surface area contributed by atoms with Crippen molar-refractivity contribution in [3.05, 3.63) is 60.5 Å². The Balaban J connectivity index is 1.26. The molecule has 2 aromatic carbocycles. The van der Waals surface area contributed by atoms with Crippen LogP contribution in [0.4, 0.5) is 17.6 Å². The number of hydrogen-bond donors (Lipinski definition) is 2. The van der Waals surface area contributed by atoms with Crippen molar-refractivity contribution >= 4 is 17.0 Å². The summed E-state index contributed by atoms with van der Waals surface area (Å²) in [6.07, 6.45) is 0.0735. The van der Waals surface area contributed by atoms with Gasteiger partial charge >= 0.3 is 12.3 Å². The van der Waals surface area contributed by atoms with Gasteiger partial charge in [-0.15, -0.1) is 13.2 Å². The minimum Gasteiger partial charge on any atom is -0.481 e. The van der Waals surface area contributed by atoms with Gasteiger partial charge in [0.25, 0.3) is 0 Å². The van der Waals surface area contributed by atoms with E-state index in [1.165, 1.54) is 18.2 Å². The minimum atomic E-state index is -4.82. The van der Waals surface area contributed by atoms with Crippen LogP contribution in [0.3, 0.4) is 0 Å². The number of halogens is 4. The molecule has 198 valence electrons. The Bertz CT molecular complexity index is 1450. The lowest BCUT2D eigenvalue weighted by molar-refractivity contribution is -0.274. The van der Waals surface area contributed by atoms with E-state index in [4.69, 9.17) is 9.84 Å². The molecule has 5 rings (SSSR count). The number of ether oxygens (including phenoxy) is 2. The lowest BCUT2D eigenvalue weighted by Crippen LogP contribution is -2.25. The second-order valence-corrected chi connectivity index (χ2v) is 9.25. The maximum atomic E-state index is 15.0. The number of hydrogen-bond acceptors (Lipinski definition) is 5. The monoisotopic (exact) mass is 529 g/mol. The van der Waals surface area contributed by atoms with E-state index in [-0.39, 0.29) is 35.3 Å². The number of carboxylic acids is 1. The molecule has 11 heteroatoms. The van der Waals surface area contributed by atoms with E-state index in [2.05, 4.69) is 19.7 Å². The summed E-state index contributed by atoms with van der Waals surface area (Å²) in [7, 11) is 0. The first-order valence-corrected chi connectivity index (χ1v) is 12.0. The lowest BCUT2D eigenvalue weighted by Gasteiger charge is -2.27. The van der Waals surface area contributed by atoms with Crippen molar-refractivity contribution in [3.63, 3.8) is 0 Å². The second kappa shape index (κ2) is 10.3. The zero-order valence-corrected chi connectivity index (χ0v) is 20.0. The number of rotatable bonds is 7. The van der Waals surface area contributed by atoms with Gasteiger partial charge in [-0.05, 0) is 67.5 Å². The molecular formula is C27H23F4N3O4. The second-order valence-electron chi connectivity index (χ2n) is 9.25. The summed E-state index contributed by atoms with van der Waals surface area (Å²) in [6.45, 7) is 0. The number of aliphatic carboxylic acids is 1. The zero-order valence-electron chi connectivity index (χ0n) is 20.0. The normalized spacial score (nSPS) is 17.9. The third kappa shape index (κ3) is 6.04. The van der Waals surface area contributed by atoms with E-state index in [0.717, 1.165) is 37.8 Å². The van der Waals surface area contributed by atoms with Crippen LogP contribution in [0.25, 0.3) is 33.5 Å². The van der Waals surface area contributed by atoms with Crippen LogP contribution in [0, 0.1) is 11.7 Å². The van der Waals surface area contributed by atoms with E-state index in [0.29, 0.717) is 22.5 Å². The first kappa shape index (κ1) is 25.5. The van der Waals surface area contributed by atoms with Gasteiger partial charge in [0.1, 0.15) is 23.5 Å². The minimum absolute atomic E-state index is 0.0185. The average molecular weight is 529 g/mol. The molecule has 0 radical (unpaired) electrons. The first-order valence-electron chi connectivity index (χ1n) is 12.0. The van der Waals surface area contributed by atoms with Crippen LogP contribution < -0.4 is 9.47 Å². The van der Waals surface area contributed by atoms with E-state index in [9.17, 15) is 18.0 Å². The fourth-order valence-corrected chi connectivity index (χ4v) is 4.69. The fourth-order valence-electron chi connectivity index (χ4n) is 4.69. The Morgan fingerprint density at radius 1 is 1.03 bits per heavy atom. The molecule has 38 heavy (non-hydrogen) atoms. The molecule has 0 unspecified atom stereocenters. The van der Waals surface area contributed by atoms with Crippen molar-refractivity contribution in [3.8, 4) is 34.1 Å². The molecule has 2 N–H and O–H groups in total. The third-order valence-electron chi connectivity index (χ3n) is 6.53. The summed E-state index contributed by atoms with van der Waals surface area (Å²) >= 11 is 0. The maximum Gasteiger partial charge on any atom is 0.573 e. The highest BCUT2D eigenvalue weighted by atomic mass is 19.4. The fraction of sp³-hybridized carbons (Fsp3) is 0.296. The van der Waals surface area contributed by atoms with Crippen molar-refractivity contribution < 1.29 is 36.9 Å². The van der Waals surface area contributed by atoms with Gasteiger partial charge in [-0.1, -0.05) is 6.07 Å². The van der Waals surface area contributed by atoms with E-state index < -0.39 is 23.9 Å². The van der Waals surface area contributed by atoms with Crippen molar-refractivity contribution in [1.82, 2.24) is 15.0 Å². The highest BCUT2D eigenvalue weighted by Gasteiger charge is 2.31. The van der Waals surface area contributed by atoms with E-state index >= 15 is 4.39 Å². The Kier molecular flexibility index (Phi) is 6.92. The number of nitrogens with zero attached hydrogens (tertiary/aromatic N) is 2. The molecule has 1 fully saturated rings. The van der Waals surface area contributed by atoms with Crippen molar-refractivity contribution in [1.29, 1.82) is 0 Å². The van der Waals surface area contributed by atoms with Crippen molar-refractivity contribution in [2.24, 2.45) is 5.92 Å². The quantitative estimate of drug-likeness (QED) is 0.257. The largest absolute Gasteiger partial charge is 0.573 e. The molecule has 1 aliphatic carbocycles. The average Bonchev–Trinajstić information content (AvgIpc) is 3.27. The number of imidazole rings is 1. The molecule has 0 saturated heterocycles. The number of nitrogens with one attached hydrogen (secondary N) is 1. The highest BCUT2D eigenvalue weighted by Crippen LogP contribution is 2.32. The molecule has 4 aromatic rings. The van der Waals surface area contributed by atoms with Crippen LogP contribution in [0.2, 0.25) is 0 Å². The summed E-state index contributed by atoms with van der Waals surface area (Å²) < 4.78 is 62.4. The highest BCUT2D eigenvalue weighted by molar-refractivity contribution is 5.81. The number of alkyl halides is 3. The molecular weight excluding hydrogens is 506 g/mol. The topological polar surface area (TPSA) is 97.3 Å². The molecule has 0 amide bonds. The van der Waals surface area contributed by atoms with Gasteiger partial charge in [0, 0.05) is 30.3 Å². The number of carbonyl (C=O) groups is 1. The van der Waals surface area contributed by atoms with Crippen LogP contribution in [-0.4, -0.2) is 38.5 Å². The van der Waals surface area contributed by atoms with Crippen LogP contribution >= 0.6 is 0 Å². The lowest BCUT2D eigenvalue weighted by atomic mass is 9.85. The number of fused-ring (bicyclic) bond motifs is 1. The molecule has 1 saturated carbocycles. The summed E-state index contributed by atoms with van der Waals surface area (Å²) in [4.78, 5) is 22.3. The zero-order chi connectivity index (χ0) is 26.9. The molecule has 0 spiro atoms. The van der Waals surface area contributed by atoms with Gasteiger partial charge in [-0.2, -0.15) is 0 Å². The van der Waals surface area contributed by atoms with Crippen LogP contribution in [0.1, 0.15) is 32.1 Å². The van der Waals surface area contributed by atoms with Crippen LogP contribution in [-0.2, 0) is 4.79 Å². The molecule has 7 nitrogen and oxygen atoms in total. The summed E-state index contributed by atoms with van der Waals surface area (Å²) in [5.74, 6) is -0.936. The number of aromatic amines is 1. The van der Waals surface area contributed by atoms with Gasteiger partial charge in [0.05, 0.1) is 16.6 Å². The number of carboxylic acid groups (broad SMARTS) is 1. The van der Waals surface area contributed by atoms with Gasteiger partial charge in [-0.3, -0.25) is 4.79 Å². The van der Waals surface area contributed by atoms with E-state index in [1.807, 2.05) is 0 Å². The standard InChI is InChI=1S/C27H23F4N3O4/c28-21-12-16(17-4-10-24(32-14-17)37-18-5-1-15(2-6-18)11-25(35)36)3-8-20(21)26-33-22-9-7-19(13-23(22)34-26)38-27(29,30)31/h3-4,7-10,12-15,18H,1-2,5-6,11H2,(H,33,34)(H,35,36)/t15-,18+. The Hall–Kier alpha value is -4.15. The summed E-state index contributed by atoms with van der Waals surface area (Å²) in [6, 6.07) is 11.7. The van der Waals surface area contributed by atoms with Gasteiger partial charge in [-0.25, -0.2) is 14.4 Å². The SMILES string of the molecule is O=C(O)C[C@H]1CC[C@@H](Oc2ccc(-c3ccc(-c4nc5ccc(OC(F)(F)F)cc5[nH]4)c(F)c3)cn2)CC1. The third-order valence-corrected chi connectivity index (χ3v) is 6.53. The molecule has 0 atom stereocenters. The number of aromatic nitrogens is 3. The smallest absolute Gasteiger partial charge is 0.481 e. The van der Waals surface area contributed by atoms with Crippen LogP contribution in [0.15, 0.2) is 54.7 Å². The molecule has 0 aliphatic heterocycles. The van der Waals surface area contributed by atoms with Gasteiger partial charge in [0.15, 0.2) is 0 Å². The van der Waals surface area contributed by atoms with E-state index in [1.54, 1.807) is 24.4 Å². The summed E-state index contributed by atoms with van der Waals surface area (Å²) in [5, 5.41) is 8.94. The Morgan fingerprint density at radius 2 is 1.79 bits per heavy atom.